The van der Waals surface area contributed by atoms with E-state index in [-0.39, 0.29) is 18.0 Å². The molecule has 1 aromatic heterocycles. The number of carbonyl (C=O) groups excluding carboxylic acids is 2. The van der Waals surface area contributed by atoms with E-state index >= 15 is 0 Å². The Morgan fingerprint density at radius 3 is 2.72 bits per heavy atom. The molecule has 2 fully saturated rings. The second-order valence-corrected chi connectivity index (χ2v) is 7.51. The van der Waals surface area contributed by atoms with Gasteiger partial charge in [-0.2, -0.15) is 4.99 Å². The van der Waals surface area contributed by atoms with Crippen molar-refractivity contribution in [2.24, 2.45) is 10.9 Å². The van der Waals surface area contributed by atoms with Gasteiger partial charge in [-0.15, -0.1) is 0 Å². The second-order valence-electron chi connectivity index (χ2n) is 7.51. The molecule has 2 unspecified atom stereocenters. The van der Waals surface area contributed by atoms with E-state index in [0.29, 0.717) is 18.9 Å². The maximum Gasteiger partial charge on any atom is 0.342 e. The lowest BCUT2D eigenvalue weighted by molar-refractivity contribution is 0.187. The molecular formula is C22H25N5O2. The highest BCUT2D eigenvalue weighted by Crippen LogP contribution is 2.31. The highest BCUT2D eigenvalue weighted by atomic mass is 16.2. The summed E-state index contributed by atoms with van der Waals surface area (Å²) in [6.07, 6.45) is 7.41. The quantitative estimate of drug-likeness (QED) is 0.837. The van der Waals surface area contributed by atoms with E-state index < -0.39 is 6.03 Å². The van der Waals surface area contributed by atoms with Gasteiger partial charge < -0.3 is 10.6 Å². The van der Waals surface area contributed by atoms with Crippen molar-refractivity contribution < 1.29 is 9.59 Å². The normalized spacial score (nSPS) is 22.7. The third-order valence-corrected chi connectivity index (χ3v) is 5.49. The number of nitrogens with zero attached hydrogens (tertiary/aromatic N) is 3. The van der Waals surface area contributed by atoms with Crippen molar-refractivity contribution in [3.8, 4) is 0 Å². The van der Waals surface area contributed by atoms with Gasteiger partial charge in [0.25, 0.3) is 0 Å². The largest absolute Gasteiger partial charge is 0.342 e. The molecule has 2 aromatic rings. The molecular weight excluding hydrogens is 366 g/mol. The van der Waals surface area contributed by atoms with Gasteiger partial charge >= 0.3 is 12.1 Å². The number of benzene rings is 1. The lowest BCUT2D eigenvalue weighted by Crippen LogP contribution is -2.60. The van der Waals surface area contributed by atoms with E-state index in [1.807, 2.05) is 42.5 Å². The Kier molecular flexibility index (Phi) is 5.84. The summed E-state index contributed by atoms with van der Waals surface area (Å²) < 4.78 is 0. The molecule has 7 nitrogen and oxygen atoms in total. The van der Waals surface area contributed by atoms with Gasteiger partial charge in [0.15, 0.2) is 0 Å². The molecule has 1 saturated carbocycles. The summed E-state index contributed by atoms with van der Waals surface area (Å²) in [6, 6.07) is 12.9. The Morgan fingerprint density at radius 1 is 1.14 bits per heavy atom. The van der Waals surface area contributed by atoms with E-state index in [2.05, 4.69) is 20.6 Å². The summed E-state index contributed by atoms with van der Waals surface area (Å²) in [6.45, 7) is 0.743. The molecule has 0 radical (unpaired) electrons. The first-order valence-electron chi connectivity index (χ1n) is 10.1. The number of hydrogen-bond donors (Lipinski definition) is 2. The SMILES string of the molecule is O=C(/N=C1\C2CCCCC2NC(=O)N1Cc1cccnc1)NCc1ccccc1. The predicted octanol–water partition coefficient (Wildman–Crippen LogP) is 3.47. The number of aromatic nitrogens is 1. The topological polar surface area (TPSA) is 86.7 Å². The van der Waals surface area contributed by atoms with Crippen LogP contribution in [0, 0.1) is 5.92 Å². The molecule has 1 aromatic carbocycles. The Morgan fingerprint density at radius 2 is 1.93 bits per heavy atom. The molecule has 150 valence electrons. The number of amidine groups is 1. The van der Waals surface area contributed by atoms with Gasteiger partial charge in [-0.3, -0.25) is 9.88 Å². The maximum absolute atomic E-state index is 12.8. The first kappa shape index (κ1) is 19.1. The zero-order valence-electron chi connectivity index (χ0n) is 16.3. The minimum absolute atomic E-state index is 0.0436. The number of nitrogens with one attached hydrogen (secondary N) is 2. The zero-order chi connectivity index (χ0) is 20.1. The van der Waals surface area contributed by atoms with Crippen LogP contribution in [0.2, 0.25) is 0 Å². The van der Waals surface area contributed by atoms with Crippen LogP contribution in [-0.2, 0) is 13.1 Å². The van der Waals surface area contributed by atoms with Crippen molar-refractivity contribution in [3.05, 3.63) is 66.0 Å². The van der Waals surface area contributed by atoms with Gasteiger partial charge in [-0.05, 0) is 30.0 Å². The molecule has 1 aliphatic heterocycles. The van der Waals surface area contributed by atoms with Crippen LogP contribution >= 0.6 is 0 Å². The number of fused-ring (bicyclic) bond motifs is 1. The summed E-state index contributed by atoms with van der Waals surface area (Å²) in [5.41, 5.74) is 1.90. The Labute approximate surface area is 170 Å². The van der Waals surface area contributed by atoms with Gasteiger partial charge in [0, 0.05) is 30.9 Å². The molecule has 4 amide bonds. The molecule has 2 heterocycles. The van der Waals surface area contributed by atoms with Crippen LogP contribution in [0.3, 0.4) is 0 Å². The number of aliphatic imine (C=N–C) groups is 1. The molecule has 0 bridgehead atoms. The predicted molar refractivity (Wildman–Crippen MR) is 110 cm³/mol. The first-order chi connectivity index (χ1) is 14.2. The van der Waals surface area contributed by atoms with E-state index in [0.717, 1.165) is 36.8 Å². The Bertz CT molecular complexity index is 885. The molecule has 2 aliphatic rings. The molecule has 2 atom stereocenters. The number of hydrogen-bond acceptors (Lipinski definition) is 3. The van der Waals surface area contributed by atoms with Crippen LogP contribution in [0.1, 0.15) is 36.8 Å². The van der Waals surface area contributed by atoms with Crippen molar-refractivity contribution in [1.82, 2.24) is 20.5 Å². The fourth-order valence-corrected chi connectivity index (χ4v) is 4.04. The molecule has 2 N–H and O–H groups in total. The smallest absolute Gasteiger partial charge is 0.334 e. The van der Waals surface area contributed by atoms with E-state index in [9.17, 15) is 9.59 Å². The van der Waals surface area contributed by atoms with Crippen LogP contribution in [0.4, 0.5) is 9.59 Å². The number of pyridine rings is 1. The van der Waals surface area contributed by atoms with Crippen LogP contribution < -0.4 is 10.6 Å². The highest BCUT2D eigenvalue weighted by Gasteiger charge is 2.40. The van der Waals surface area contributed by atoms with Crippen molar-refractivity contribution in [2.75, 3.05) is 0 Å². The van der Waals surface area contributed by atoms with E-state index in [1.165, 1.54) is 0 Å². The van der Waals surface area contributed by atoms with Gasteiger partial charge in [-0.25, -0.2) is 9.59 Å². The molecule has 0 spiro atoms. The summed E-state index contributed by atoms with van der Waals surface area (Å²) in [7, 11) is 0. The standard InChI is InChI=1S/C22H25N5O2/c28-21(24-14-16-7-2-1-3-8-16)26-20-18-10-4-5-11-19(18)25-22(29)27(20)15-17-9-6-12-23-13-17/h1-3,6-9,12-13,18-19H,4-5,10-11,14-15H2,(H,24,28)(H,25,29)/b26-20+. The lowest BCUT2D eigenvalue weighted by atomic mass is 9.82. The number of rotatable bonds is 4. The molecule has 4 rings (SSSR count). The summed E-state index contributed by atoms with van der Waals surface area (Å²) >= 11 is 0. The Hall–Kier alpha value is -3.22. The van der Waals surface area contributed by atoms with Crippen molar-refractivity contribution in [2.45, 2.75) is 44.8 Å². The Balaban J connectivity index is 1.55. The third-order valence-electron chi connectivity index (χ3n) is 5.49. The van der Waals surface area contributed by atoms with Crippen LogP contribution in [0.15, 0.2) is 59.9 Å². The average molecular weight is 391 g/mol. The lowest BCUT2D eigenvalue weighted by Gasteiger charge is -2.42. The molecule has 7 heteroatoms. The minimum Gasteiger partial charge on any atom is -0.334 e. The van der Waals surface area contributed by atoms with E-state index in [1.54, 1.807) is 17.3 Å². The summed E-state index contributed by atoms with van der Waals surface area (Å²) in [5.74, 6) is 0.619. The van der Waals surface area contributed by atoms with Crippen molar-refractivity contribution >= 4 is 17.9 Å². The zero-order valence-corrected chi connectivity index (χ0v) is 16.3. The third kappa shape index (κ3) is 4.62. The number of carbonyl (C=O) groups is 2. The maximum atomic E-state index is 12.8. The summed E-state index contributed by atoms with van der Waals surface area (Å²) in [5, 5.41) is 5.95. The highest BCUT2D eigenvalue weighted by molar-refractivity contribution is 6.05. The van der Waals surface area contributed by atoms with Gasteiger partial charge in [0.2, 0.25) is 0 Å². The average Bonchev–Trinajstić information content (AvgIpc) is 2.76. The fourth-order valence-electron chi connectivity index (χ4n) is 4.04. The van der Waals surface area contributed by atoms with Crippen molar-refractivity contribution in [1.29, 1.82) is 0 Å². The summed E-state index contributed by atoms with van der Waals surface area (Å²) in [4.78, 5) is 35.5. The number of urea groups is 2. The van der Waals surface area contributed by atoms with E-state index in [4.69, 9.17) is 0 Å². The molecule has 1 aliphatic carbocycles. The van der Waals surface area contributed by atoms with Gasteiger partial charge in [0.1, 0.15) is 5.84 Å². The molecule has 1 saturated heterocycles. The van der Waals surface area contributed by atoms with Crippen LogP contribution in [-0.4, -0.2) is 33.8 Å². The number of amides is 4. The van der Waals surface area contributed by atoms with Gasteiger partial charge in [-0.1, -0.05) is 49.2 Å². The monoisotopic (exact) mass is 391 g/mol. The van der Waals surface area contributed by atoms with Crippen molar-refractivity contribution in [3.63, 3.8) is 0 Å². The fraction of sp³-hybridized carbons (Fsp3) is 0.364. The first-order valence-corrected chi connectivity index (χ1v) is 10.1. The molecule has 29 heavy (non-hydrogen) atoms. The second kappa shape index (κ2) is 8.86. The van der Waals surface area contributed by atoms with Gasteiger partial charge in [0.05, 0.1) is 6.54 Å². The minimum atomic E-state index is -0.418. The van der Waals surface area contributed by atoms with Crippen LogP contribution in [0.5, 0.6) is 0 Å². The van der Waals surface area contributed by atoms with Crippen LogP contribution in [0.25, 0.3) is 0 Å².